The molecule has 3 nitrogen and oxygen atoms in total. The molecular weight excluding hydrogens is 388 g/mol. The molecule has 2 aromatic carbocycles. The van der Waals surface area contributed by atoms with Crippen LogP contribution in [0.1, 0.15) is 18.6 Å². The first-order valence-corrected chi connectivity index (χ1v) is 7.58. The number of ether oxygens (including phenoxy) is 2. The fourth-order valence-corrected chi connectivity index (χ4v) is 2.86. The van der Waals surface area contributed by atoms with Crippen LogP contribution in [0.3, 0.4) is 0 Å². The first-order chi connectivity index (χ1) is 9.51. The Morgan fingerprint density at radius 2 is 1.65 bits per heavy atom. The maximum Gasteiger partial charge on any atom is 0.141 e. The lowest BCUT2D eigenvalue weighted by molar-refractivity contribution is 0.198. The van der Waals surface area contributed by atoms with Gasteiger partial charge in [0.05, 0.1) is 17.7 Å². The van der Waals surface area contributed by atoms with E-state index in [1.165, 1.54) is 0 Å². The van der Waals surface area contributed by atoms with Crippen LogP contribution in [-0.2, 0) is 0 Å². The van der Waals surface area contributed by atoms with Crippen molar-refractivity contribution in [3.05, 3.63) is 50.9 Å². The van der Waals surface area contributed by atoms with Crippen molar-refractivity contribution in [3.8, 4) is 17.2 Å². The predicted octanol–water partition coefficient (Wildman–Crippen LogP) is 5.07. The standard InChI is InChI=1S/C15H14Br2O3/c1-9(18)12-5-3-11(8-13(12)16)20-15-6-4-10(19-2)7-14(15)17/h3-9,18H,1-2H3. The number of aliphatic hydroxyl groups excluding tert-OH is 1. The number of aliphatic hydroxyl groups is 1. The van der Waals surface area contributed by atoms with Crippen molar-refractivity contribution in [2.75, 3.05) is 7.11 Å². The summed E-state index contributed by atoms with van der Waals surface area (Å²) in [5.74, 6) is 2.14. The predicted molar refractivity (Wildman–Crippen MR) is 85.5 cm³/mol. The van der Waals surface area contributed by atoms with Crippen LogP contribution >= 0.6 is 31.9 Å². The first kappa shape index (κ1) is 15.4. The van der Waals surface area contributed by atoms with Crippen molar-refractivity contribution in [1.82, 2.24) is 0 Å². The molecule has 0 radical (unpaired) electrons. The van der Waals surface area contributed by atoms with Crippen LogP contribution < -0.4 is 9.47 Å². The molecule has 1 unspecified atom stereocenters. The number of hydrogen-bond donors (Lipinski definition) is 1. The van der Waals surface area contributed by atoms with Crippen LogP contribution in [0.4, 0.5) is 0 Å². The van der Waals surface area contributed by atoms with Gasteiger partial charge in [-0.3, -0.25) is 0 Å². The summed E-state index contributed by atoms with van der Waals surface area (Å²) in [5, 5.41) is 9.59. The molecule has 0 bridgehead atoms. The zero-order valence-electron chi connectivity index (χ0n) is 11.1. The van der Waals surface area contributed by atoms with Gasteiger partial charge in [-0.1, -0.05) is 22.0 Å². The Hall–Kier alpha value is -1.04. The summed E-state index contributed by atoms with van der Waals surface area (Å²) in [6.45, 7) is 1.72. The highest BCUT2D eigenvalue weighted by molar-refractivity contribution is 9.10. The minimum Gasteiger partial charge on any atom is -0.497 e. The van der Waals surface area contributed by atoms with Crippen molar-refractivity contribution in [2.24, 2.45) is 0 Å². The molecule has 1 atom stereocenters. The molecule has 0 aliphatic carbocycles. The molecule has 0 saturated heterocycles. The lowest BCUT2D eigenvalue weighted by Crippen LogP contribution is -1.93. The fraction of sp³-hybridized carbons (Fsp3) is 0.200. The smallest absolute Gasteiger partial charge is 0.141 e. The van der Waals surface area contributed by atoms with E-state index in [0.29, 0.717) is 11.5 Å². The third kappa shape index (κ3) is 3.53. The topological polar surface area (TPSA) is 38.7 Å². The maximum atomic E-state index is 9.59. The van der Waals surface area contributed by atoms with E-state index >= 15 is 0 Å². The van der Waals surface area contributed by atoms with Crippen LogP contribution in [0.5, 0.6) is 17.2 Å². The number of rotatable bonds is 4. The molecule has 0 aliphatic rings. The lowest BCUT2D eigenvalue weighted by Gasteiger charge is -2.12. The van der Waals surface area contributed by atoms with Gasteiger partial charge in [0.15, 0.2) is 0 Å². The zero-order valence-corrected chi connectivity index (χ0v) is 14.2. The number of halogens is 2. The SMILES string of the molecule is COc1ccc(Oc2ccc(C(C)O)c(Br)c2)c(Br)c1. The summed E-state index contributed by atoms with van der Waals surface area (Å²) in [7, 11) is 1.62. The number of methoxy groups -OCH3 is 1. The Kier molecular flexibility index (Phi) is 5.07. The third-order valence-electron chi connectivity index (χ3n) is 2.79. The van der Waals surface area contributed by atoms with Gasteiger partial charge in [0, 0.05) is 4.47 Å². The van der Waals surface area contributed by atoms with Gasteiger partial charge < -0.3 is 14.6 Å². The van der Waals surface area contributed by atoms with Gasteiger partial charge in [-0.15, -0.1) is 0 Å². The Morgan fingerprint density at radius 3 is 2.20 bits per heavy atom. The van der Waals surface area contributed by atoms with Crippen LogP contribution in [0.15, 0.2) is 45.3 Å². The summed E-state index contributed by atoms with van der Waals surface area (Å²) in [4.78, 5) is 0. The monoisotopic (exact) mass is 400 g/mol. The summed E-state index contributed by atoms with van der Waals surface area (Å²) in [6, 6.07) is 11.0. The molecule has 0 fully saturated rings. The average molecular weight is 402 g/mol. The molecule has 2 rings (SSSR count). The molecule has 0 aromatic heterocycles. The summed E-state index contributed by atoms with van der Waals surface area (Å²) >= 11 is 6.88. The van der Waals surface area contributed by atoms with Crippen LogP contribution in [0.25, 0.3) is 0 Å². The Labute approximate surface area is 134 Å². The molecule has 20 heavy (non-hydrogen) atoms. The van der Waals surface area contributed by atoms with Gasteiger partial charge in [0.25, 0.3) is 0 Å². The lowest BCUT2D eigenvalue weighted by atomic mass is 10.1. The summed E-state index contributed by atoms with van der Waals surface area (Å²) in [5.41, 5.74) is 0.825. The fourth-order valence-electron chi connectivity index (χ4n) is 1.73. The van der Waals surface area contributed by atoms with Gasteiger partial charge in [0.1, 0.15) is 17.2 Å². The van der Waals surface area contributed by atoms with Gasteiger partial charge in [0.2, 0.25) is 0 Å². The second-order valence-corrected chi connectivity index (χ2v) is 5.97. The number of hydrogen-bond acceptors (Lipinski definition) is 3. The highest BCUT2D eigenvalue weighted by Crippen LogP contribution is 2.35. The van der Waals surface area contributed by atoms with E-state index in [-0.39, 0.29) is 0 Å². The second-order valence-electron chi connectivity index (χ2n) is 4.26. The first-order valence-electron chi connectivity index (χ1n) is 6.00. The van der Waals surface area contributed by atoms with E-state index in [1.54, 1.807) is 14.0 Å². The van der Waals surface area contributed by atoms with Crippen molar-refractivity contribution < 1.29 is 14.6 Å². The molecule has 5 heteroatoms. The Bertz CT molecular complexity index is 612. The van der Waals surface area contributed by atoms with E-state index in [1.807, 2.05) is 36.4 Å². The normalized spacial score (nSPS) is 12.1. The molecule has 106 valence electrons. The zero-order chi connectivity index (χ0) is 14.7. The van der Waals surface area contributed by atoms with Crippen molar-refractivity contribution in [2.45, 2.75) is 13.0 Å². The minimum atomic E-state index is -0.522. The molecule has 0 aliphatic heterocycles. The molecule has 0 spiro atoms. The largest absolute Gasteiger partial charge is 0.497 e. The van der Waals surface area contributed by atoms with Gasteiger partial charge in [-0.25, -0.2) is 0 Å². The summed E-state index contributed by atoms with van der Waals surface area (Å²) in [6.07, 6.45) is -0.522. The van der Waals surface area contributed by atoms with Crippen molar-refractivity contribution in [1.29, 1.82) is 0 Å². The van der Waals surface area contributed by atoms with Gasteiger partial charge in [-0.2, -0.15) is 0 Å². The Balaban J connectivity index is 2.24. The van der Waals surface area contributed by atoms with E-state index in [0.717, 1.165) is 20.3 Å². The minimum absolute atomic E-state index is 0.522. The van der Waals surface area contributed by atoms with E-state index < -0.39 is 6.10 Å². The van der Waals surface area contributed by atoms with E-state index in [4.69, 9.17) is 9.47 Å². The van der Waals surface area contributed by atoms with Gasteiger partial charge in [-0.05, 0) is 58.7 Å². The van der Waals surface area contributed by atoms with Crippen molar-refractivity contribution >= 4 is 31.9 Å². The molecule has 0 heterocycles. The highest BCUT2D eigenvalue weighted by atomic mass is 79.9. The second kappa shape index (κ2) is 6.61. The van der Waals surface area contributed by atoms with Gasteiger partial charge >= 0.3 is 0 Å². The average Bonchev–Trinajstić information content (AvgIpc) is 2.40. The highest BCUT2D eigenvalue weighted by Gasteiger charge is 2.09. The molecule has 1 N–H and O–H groups in total. The number of benzene rings is 2. The maximum absolute atomic E-state index is 9.59. The quantitative estimate of drug-likeness (QED) is 0.777. The summed E-state index contributed by atoms with van der Waals surface area (Å²) < 4.78 is 12.6. The van der Waals surface area contributed by atoms with E-state index in [9.17, 15) is 5.11 Å². The van der Waals surface area contributed by atoms with Crippen molar-refractivity contribution in [3.63, 3.8) is 0 Å². The molecule has 2 aromatic rings. The molecule has 0 amide bonds. The molecule has 0 saturated carbocycles. The molecular formula is C15H14Br2O3. The van der Waals surface area contributed by atoms with Crippen LogP contribution in [0, 0.1) is 0 Å². The van der Waals surface area contributed by atoms with Crippen LogP contribution in [-0.4, -0.2) is 12.2 Å². The van der Waals surface area contributed by atoms with E-state index in [2.05, 4.69) is 31.9 Å². The third-order valence-corrected chi connectivity index (χ3v) is 4.10. The Morgan fingerprint density at radius 1 is 1.00 bits per heavy atom. The van der Waals surface area contributed by atoms with Crippen LogP contribution in [0.2, 0.25) is 0 Å².